The Hall–Kier alpha value is -1.10. The van der Waals surface area contributed by atoms with Gasteiger partial charge in [0.25, 0.3) is 0 Å². The summed E-state index contributed by atoms with van der Waals surface area (Å²) < 4.78 is 9.42. The third-order valence-corrected chi connectivity index (χ3v) is 1.49. The lowest BCUT2D eigenvalue weighted by Crippen LogP contribution is -2.30. The first kappa shape index (κ1) is 12.9. The molecule has 0 fully saturated rings. The molecule has 0 atom stereocenters. The zero-order valence-electron chi connectivity index (χ0n) is 8.67. The minimum Gasteiger partial charge on any atom is -0.465 e. The molecule has 0 spiro atoms. The Bertz CT molecular complexity index is 182. The van der Waals surface area contributed by atoms with Crippen molar-refractivity contribution in [3.8, 4) is 0 Å². The second kappa shape index (κ2) is 8.50. The van der Waals surface area contributed by atoms with Gasteiger partial charge in [-0.3, -0.25) is 9.59 Å². The number of nitrogens with one attached hydrogen (secondary N) is 1. The Morgan fingerprint density at radius 1 is 1.36 bits per heavy atom. The van der Waals surface area contributed by atoms with E-state index in [0.29, 0.717) is 26.1 Å². The van der Waals surface area contributed by atoms with Crippen LogP contribution in [0.2, 0.25) is 0 Å². The molecule has 0 unspecified atom stereocenters. The van der Waals surface area contributed by atoms with Gasteiger partial charge in [-0.15, -0.1) is 0 Å². The van der Waals surface area contributed by atoms with E-state index in [4.69, 9.17) is 4.74 Å². The molecule has 0 bridgehead atoms. The summed E-state index contributed by atoms with van der Waals surface area (Å²) in [6, 6.07) is 0. The number of amides is 1. The highest BCUT2D eigenvalue weighted by atomic mass is 16.5. The third kappa shape index (κ3) is 7.54. The van der Waals surface area contributed by atoms with Crippen LogP contribution in [0.4, 0.5) is 0 Å². The van der Waals surface area contributed by atoms with Crippen LogP contribution >= 0.6 is 0 Å². The fraction of sp³-hybridized carbons (Fsp3) is 0.778. The second-order valence-electron chi connectivity index (χ2n) is 2.68. The van der Waals surface area contributed by atoms with Crippen LogP contribution in [0.25, 0.3) is 0 Å². The first-order valence-corrected chi connectivity index (χ1v) is 4.62. The minimum absolute atomic E-state index is 0.0559. The van der Waals surface area contributed by atoms with Crippen LogP contribution in [0.1, 0.15) is 19.8 Å². The van der Waals surface area contributed by atoms with Gasteiger partial charge in [-0.25, -0.2) is 0 Å². The summed E-state index contributed by atoms with van der Waals surface area (Å²) in [4.78, 5) is 21.9. The first-order valence-electron chi connectivity index (χ1n) is 4.62. The van der Waals surface area contributed by atoms with Crippen LogP contribution in [0, 0.1) is 0 Å². The summed E-state index contributed by atoms with van der Waals surface area (Å²) in [7, 11) is 1.58. The Balaban J connectivity index is 3.39. The highest BCUT2D eigenvalue weighted by Gasteiger charge is 2.04. The van der Waals surface area contributed by atoms with Gasteiger partial charge >= 0.3 is 5.97 Å². The number of hydrogen-bond acceptors (Lipinski definition) is 4. The van der Waals surface area contributed by atoms with Gasteiger partial charge in [-0.1, -0.05) is 0 Å². The number of esters is 1. The summed E-state index contributed by atoms with van der Waals surface area (Å²) in [6.45, 7) is 2.54. The number of methoxy groups -OCH3 is 1. The molecule has 5 nitrogen and oxygen atoms in total. The van der Waals surface area contributed by atoms with Gasteiger partial charge in [0, 0.05) is 20.1 Å². The maximum atomic E-state index is 11.1. The van der Waals surface area contributed by atoms with E-state index >= 15 is 0 Å². The molecule has 5 heteroatoms. The van der Waals surface area contributed by atoms with Gasteiger partial charge in [0.05, 0.1) is 6.61 Å². The SMILES string of the molecule is CCOC(=O)CNC(=O)CCCOC. The Kier molecular flexibility index (Phi) is 7.83. The van der Waals surface area contributed by atoms with Gasteiger partial charge in [0.15, 0.2) is 0 Å². The quantitative estimate of drug-likeness (QED) is 0.470. The fourth-order valence-electron chi connectivity index (χ4n) is 0.848. The third-order valence-electron chi connectivity index (χ3n) is 1.49. The molecule has 0 aromatic carbocycles. The Labute approximate surface area is 83.8 Å². The maximum absolute atomic E-state index is 11.1. The number of ether oxygens (including phenoxy) is 2. The minimum atomic E-state index is -0.410. The van der Waals surface area contributed by atoms with E-state index in [2.05, 4.69) is 10.1 Å². The lowest BCUT2D eigenvalue weighted by Gasteiger charge is -2.04. The molecular weight excluding hydrogens is 186 g/mol. The number of hydrogen-bond donors (Lipinski definition) is 1. The first-order chi connectivity index (χ1) is 6.70. The van der Waals surface area contributed by atoms with E-state index in [1.807, 2.05) is 0 Å². The molecule has 0 saturated carbocycles. The Morgan fingerprint density at radius 2 is 2.07 bits per heavy atom. The molecule has 0 rings (SSSR count). The van der Waals surface area contributed by atoms with E-state index < -0.39 is 5.97 Å². The average Bonchev–Trinajstić information content (AvgIpc) is 2.16. The molecule has 0 aliphatic rings. The lowest BCUT2D eigenvalue weighted by molar-refractivity contribution is -0.143. The van der Waals surface area contributed by atoms with Crippen molar-refractivity contribution in [1.82, 2.24) is 5.32 Å². The molecule has 14 heavy (non-hydrogen) atoms. The summed E-state index contributed by atoms with van der Waals surface area (Å²) in [5.74, 6) is -0.567. The van der Waals surface area contributed by atoms with Crippen LogP contribution in [0.3, 0.4) is 0 Å². The van der Waals surface area contributed by atoms with Gasteiger partial charge in [-0.05, 0) is 13.3 Å². The largest absolute Gasteiger partial charge is 0.465 e. The van der Waals surface area contributed by atoms with E-state index in [1.54, 1.807) is 14.0 Å². The number of rotatable bonds is 7. The van der Waals surface area contributed by atoms with Crippen molar-refractivity contribution in [3.05, 3.63) is 0 Å². The van der Waals surface area contributed by atoms with E-state index in [1.165, 1.54) is 0 Å². The van der Waals surface area contributed by atoms with Gasteiger partial charge < -0.3 is 14.8 Å². The summed E-state index contributed by atoms with van der Waals surface area (Å²) >= 11 is 0. The molecule has 1 amide bonds. The van der Waals surface area contributed by atoms with Crippen molar-refractivity contribution in [2.45, 2.75) is 19.8 Å². The number of carbonyl (C=O) groups is 2. The highest BCUT2D eigenvalue weighted by molar-refractivity contribution is 5.81. The molecule has 0 aliphatic carbocycles. The lowest BCUT2D eigenvalue weighted by atomic mass is 10.3. The van der Waals surface area contributed by atoms with Crippen LogP contribution in [-0.4, -0.2) is 38.7 Å². The van der Waals surface area contributed by atoms with Gasteiger partial charge in [0.1, 0.15) is 6.54 Å². The van der Waals surface area contributed by atoms with Crippen LogP contribution in [0.15, 0.2) is 0 Å². The van der Waals surface area contributed by atoms with Gasteiger partial charge in [0.2, 0.25) is 5.91 Å². The Morgan fingerprint density at radius 3 is 2.64 bits per heavy atom. The topological polar surface area (TPSA) is 64.6 Å². The van der Waals surface area contributed by atoms with E-state index in [9.17, 15) is 9.59 Å². The van der Waals surface area contributed by atoms with Crippen molar-refractivity contribution in [3.63, 3.8) is 0 Å². The van der Waals surface area contributed by atoms with Crippen LogP contribution < -0.4 is 5.32 Å². The van der Waals surface area contributed by atoms with Crippen molar-refractivity contribution in [1.29, 1.82) is 0 Å². The molecular formula is C9H17NO4. The molecule has 1 N–H and O–H groups in total. The molecule has 0 aliphatic heterocycles. The summed E-state index contributed by atoms with van der Waals surface area (Å²) in [5, 5.41) is 2.46. The molecule has 82 valence electrons. The monoisotopic (exact) mass is 203 g/mol. The van der Waals surface area contributed by atoms with Crippen molar-refractivity contribution in [2.24, 2.45) is 0 Å². The van der Waals surface area contributed by atoms with Crippen molar-refractivity contribution in [2.75, 3.05) is 26.9 Å². The zero-order chi connectivity index (χ0) is 10.8. The fourth-order valence-corrected chi connectivity index (χ4v) is 0.848. The standard InChI is InChI=1S/C9H17NO4/c1-3-14-9(12)7-10-8(11)5-4-6-13-2/h3-7H2,1-2H3,(H,10,11). The maximum Gasteiger partial charge on any atom is 0.325 e. The average molecular weight is 203 g/mol. The smallest absolute Gasteiger partial charge is 0.325 e. The number of carbonyl (C=O) groups excluding carboxylic acids is 2. The van der Waals surface area contributed by atoms with Crippen LogP contribution in [-0.2, 0) is 19.1 Å². The van der Waals surface area contributed by atoms with E-state index in [-0.39, 0.29) is 12.5 Å². The van der Waals surface area contributed by atoms with E-state index in [0.717, 1.165) is 0 Å². The zero-order valence-corrected chi connectivity index (χ0v) is 8.67. The van der Waals surface area contributed by atoms with Gasteiger partial charge in [-0.2, -0.15) is 0 Å². The summed E-state index contributed by atoms with van der Waals surface area (Å²) in [6.07, 6.45) is 1.03. The molecule has 0 heterocycles. The molecule has 0 radical (unpaired) electrons. The predicted molar refractivity (Wildman–Crippen MR) is 50.8 cm³/mol. The predicted octanol–water partition coefficient (Wildman–Crippen LogP) is 0.0923. The second-order valence-corrected chi connectivity index (χ2v) is 2.68. The highest BCUT2D eigenvalue weighted by Crippen LogP contribution is 1.88. The molecule has 0 aromatic rings. The molecule has 0 saturated heterocycles. The van der Waals surface area contributed by atoms with Crippen LogP contribution in [0.5, 0.6) is 0 Å². The molecule has 0 aromatic heterocycles. The normalized spacial score (nSPS) is 9.57. The summed E-state index contributed by atoms with van der Waals surface area (Å²) in [5.41, 5.74) is 0. The van der Waals surface area contributed by atoms with Crippen molar-refractivity contribution < 1.29 is 19.1 Å². The van der Waals surface area contributed by atoms with Crippen molar-refractivity contribution >= 4 is 11.9 Å².